The summed E-state index contributed by atoms with van der Waals surface area (Å²) in [7, 11) is 1.69. The number of ether oxygens (including phenoxy) is 1. The number of rotatable bonds is 8. The van der Waals surface area contributed by atoms with Crippen LogP contribution in [0, 0.1) is 0 Å². The summed E-state index contributed by atoms with van der Waals surface area (Å²) in [6, 6.07) is 7.58. The van der Waals surface area contributed by atoms with Crippen LogP contribution < -0.4 is 10.6 Å². The SMILES string of the molecule is COCCCNCCC(=O)Nc1ccccc1Br. The highest BCUT2D eigenvalue weighted by molar-refractivity contribution is 9.10. The van der Waals surface area contributed by atoms with Gasteiger partial charge in [-0.2, -0.15) is 0 Å². The third-order valence-electron chi connectivity index (χ3n) is 2.38. The summed E-state index contributed by atoms with van der Waals surface area (Å²) in [5.41, 5.74) is 0.807. The summed E-state index contributed by atoms with van der Waals surface area (Å²) in [5, 5.41) is 6.06. The second-order valence-electron chi connectivity index (χ2n) is 3.87. The second-order valence-corrected chi connectivity index (χ2v) is 4.73. The van der Waals surface area contributed by atoms with E-state index < -0.39 is 0 Å². The van der Waals surface area contributed by atoms with E-state index in [4.69, 9.17) is 4.74 Å². The summed E-state index contributed by atoms with van der Waals surface area (Å²) in [5.74, 6) is 0.0149. The largest absolute Gasteiger partial charge is 0.385 e. The molecule has 0 saturated heterocycles. The Kier molecular flexibility index (Phi) is 7.64. The molecule has 4 nitrogen and oxygen atoms in total. The molecule has 5 heteroatoms. The molecule has 18 heavy (non-hydrogen) atoms. The van der Waals surface area contributed by atoms with Gasteiger partial charge in [0.1, 0.15) is 0 Å². The van der Waals surface area contributed by atoms with E-state index in [1.165, 1.54) is 0 Å². The van der Waals surface area contributed by atoms with Gasteiger partial charge >= 0.3 is 0 Å². The van der Waals surface area contributed by atoms with Crippen molar-refractivity contribution in [1.82, 2.24) is 5.32 Å². The van der Waals surface area contributed by atoms with Gasteiger partial charge in [-0.15, -0.1) is 0 Å². The number of para-hydroxylation sites is 1. The molecule has 100 valence electrons. The average molecular weight is 315 g/mol. The first-order chi connectivity index (χ1) is 8.74. The minimum atomic E-state index is 0.0149. The van der Waals surface area contributed by atoms with Crippen molar-refractivity contribution < 1.29 is 9.53 Å². The van der Waals surface area contributed by atoms with Crippen molar-refractivity contribution in [3.05, 3.63) is 28.7 Å². The number of halogens is 1. The highest BCUT2D eigenvalue weighted by atomic mass is 79.9. The van der Waals surface area contributed by atoms with Crippen LogP contribution in [-0.4, -0.2) is 32.7 Å². The zero-order valence-corrected chi connectivity index (χ0v) is 12.1. The summed E-state index contributed by atoms with van der Waals surface area (Å²) in [6.45, 7) is 2.30. The van der Waals surface area contributed by atoms with Crippen LogP contribution in [0.3, 0.4) is 0 Å². The number of methoxy groups -OCH3 is 1. The standard InChI is InChI=1S/C13H19BrN2O2/c1-18-10-4-8-15-9-7-13(17)16-12-6-3-2-5-11(12)14/h2-3,5-6,15H,4,7-10H2,1H3,(H,16,17). The van der Waals surface area contributed by atoms with Crippen molar-refractivity contribution in [2.45, 2.75) is 12.8 Å². The summed E-state index contributed by atoms with van der Waals surface area (Å²) < 4.78 is 5.83. The third-order valence-corrected chi connectivity index (χ3v) is 3.07. The number of carbonyl (C=O) groups excluding carboxylic acids is 1. The fraction of sp³-hybridized carbons (Fsp3) is 0.462. The molecular weight excluding hydrogens is 296 g/mol. The molecule has 1 aromatic rings. The molecule has 0 radical (unpaired) electrons. The minimum absolute atomic E-state index is 0.0149. The highest BCUT2D eigenvalue weighted by Gasteiger charge is 2.04. The molecule has 1 amide bonds. The average Bonchev–Trinajstić information content (AvgIpc) is 2.36. The first-order valence-corrected chi connectivity index (χ1v) is 6.77. The van der Waals surface area contributed by atoms with E-state index in [2.05, 4.69) is 26.6 Å². The lowest BCUT2D eigenvalue weighted by molar-refractivity contribution is -0.116. The number of anilines is 1. The number of carbonyl (C=O) groups is 1. The number of nitrogens with one attached hydrogen (secondary N) is 2. The van der Waals surface area contributed by atoms with E-state index in [0.717, 1.165) is 29.7 Å². The zero-order valence-electron chi connectivity index (χ0n) is 10.5. The van der Waals surface area contributed by atoms with Crippen molar-refractivity contribution in [2.24, 2.45) is 0 Å². The Morgan fingerprint density at radius 3 is 2.83 bits per heavy atom. The van der Waals surface area contributed by atoms with Crippen LogP contribution in [0.5, 0.6) is 0 Å². The molecular formula is C13H19BrN2O2. The molecule has 1 rings (SSSR count). The molecule has 0 unspecified atom stereocenters. The molecule has 0 fully saturated rings. The number of amides is 1. The van der Waals surface area contributed by atoms with Crippen molar-refractivity contribution in [3.63, 3.8) is 0 Å². The van der Waals surface area contributed by atoms with Gasteiger partial charge in [-0.1, -0.05) is 12.1 Å². The normalized spacial score (nSPS) is 10.3. The highest BCUT2D eigenvalue weighted by Crippen LogP contribution is 2.21. The fourth-order valence-electron chi connectivity index (χ4n) is 1.44. The predicted molar refractivity (Wildman–Crippen MR) is 76.8 cm³/mol. The Bertz CT molecular complexity index is 372. The van der Waals surface area contributed by atoms with Crippen LogP contribution in [0.25, 0.3) is 0 Å². The molecule has 0 aliphatic rings. The van der Waals surface area contributed by atoms with Gasteiger partial charge < -0.3 is 15.4 Å². The maximum absolute atomic E-state index is 11.7. The molecule has 0 heterocycles. The second kappa shape index (κ2) is 9.08. The van der Waals surface area contributed by atoms with Crippen molar-refractivity contribution >= 4 is 27.5 Å². The smallest absolute Gasteiger partial charge is 0.225 e. The van der Waals surface area contributed by atoms with Gasteiger partial charge in [0, 0.05) is 31.2 Å². The Labute approximate surface area is 116 Å². The Morgan fingerprint density at radius 2 is 2.11 bits per heavy atom. The number of benzene rings is 1. The van der Waals surface area contributed by atoms with Crippen LogP contribution in [0.2, 0.25) is 0 Å². The van der Waals surface area contributed by atoms with Crippen molar-refractivity contribution in [2.75, 3.05) is 32.1 Å². The molecule has 0 saturated carbocycles. The number of hydrogen-bond acceptors (Lipinski definition) is 3. The molecule has 0 aliphatic heterocycles. The first-order valence-electron chi connectivity index (χ1n) is 5.98. The summed E-state index contributed by atoms with van der Waals surface area (Å²) in [6.07, 6.45) is 1.43. The third kappa shape index (κ3) is 6.14. The van der Waals surface area contributed by atoms with E-state index in [-0.39, 0.29) is 5.91 Å². The van der Waals surface area contributed by atoms with E-state index in [1.807, 2.05) is 24.3 Å². The maximum Gasteiger partial charge on any atom is 0.225 e. The van der Waals surface area contributed by atoms with Crippen LogP contribution in [0.15, 0.2) is 28.7 Å². The van der Waals surface area contributed by atoms with E-state index in [1.54, 1.807) is 7.11 Å². The van der Waals surface area contributed by atoms with Crippen LogP contribution in [0.4, 0.5) is 5.69 Å². The van der Waals surface area contributed by atoms with Crippen LogP contribution >= 0.6 is 15.9 Å². The van der Waals surface area contributed by atoms with Gasteiger partial charge in [0.2, 0.25) is 5.91 Å². The Morgan fingerprint density at radius 1 is 1.33 bits per heavy atom. The Balaban J connectivity index is 2.16. The first kappa shape index (κ1) is 15.1. The molecule has 0 aromatic heterocycles. The predicted octanol–water partition coefficient (Wildman–Crippen LogP) is 2.40. The summed E-state index contributed by atoms with van der Waals surface area (Å²) in [4.78, 5) is 11.7. The van der Waals surface area contributed by atoms with E-state index in [9.17, 15) is 4.79 Å². The topological polar surface area (TPSA) is 50.4 Å². The van der Waals surface area contributed by atoms with Gasteiger partial charge in [-0.25, -0.2) is 0 Å². The molecule has 1 aromatic carbocycles. The van der Waals surface area contributed by atoms with Gasteiger partial charge in [0.05, 0.1) is 5.69 Å². The monoisotopic (exact) mass is 314 g/mol. The van der Waals surface area contributed by atoms with E-state index in [0.29, 0.717) is 13.0 Å². The zero-order chi connectivity index (χ0) is 13.2. The molecule has 0 aliphatic carbocycles. The lowest BCUT2D eigenvalue weighted by Crippen LogP contribution is -2.23. The van der Waals surface area contributed by atoms with Crippen LogP contribution in [-0.2, 0) is 9.53 Å². The van der Waals surface area contributed by atoms with Crippen molar-refractivity contribution in [3.8, 4) is 0 Å². The molecule has 0 bridgehead atoms. The minimum Gasteiger partial charge on any atom is -0.385 e. The lowest BCUT2D eigenvalue weighted by Gasteiger charge is -2.07. The molecule has 0 spiro atoms. The van der Waals surface area contributed by atoms with Crippen molar-refractivity contribution in [1.29, 1.82) is 0 Å². The quantitative estimate of drug-likeness (QED) is 0.724. The van der Waals surface area contributed by atoms with Gasteiger partial charge in [-0.05, 0) is 41.0 Å². The number of hydrogen-bond donors (Lipinski definition) is 2. The van der Waals surface area contributed by atoms with Gasteiger partial charge in [0.25, 0.3) is 0 Å². The van der Waals surface area contributed by atoms with Gasteiger partial charge in [0.15, 0.2) is 0 Å². The lowest BCUT2D eigenvalue weighted by atomic mass is 10.3. The fourth-order valence-corrected chi connectivity index (χ4v) is 1.83. The maximum atomic E-state index is 11.7. The Hall–Kier alpha value is -0.910. The molecule has 0 atom stereocenters. The summed E-state index contributed by atoms with van der Waals surface area (Å²) >= 11 is 3.39. The van der Waals surface area contributed by atoms with Gasteiger partial charge in [-0.3, -0.25) is 4.79 Å². The molecule has 2 N–H and O–H groups in total. The van der Waals surface area contributed by atoms with E-state index >= 15 is 0 Å². The van der Waals surface area contributed by atoms with Crippen LogP contribution in [0.1, 0.15) is 12.8 Å².